The molecule has 20 heavy (non-hydrogen) atoms. The Morgan fingerprint density at radius 2 is 2.10 bits per heavy atom. The van der Waals surface area contributed by atoms with Gasteiger partial charge in [-0.05, 0) is 43.4 Å². The second-order valence-electron chi connectivity index (χ2n) is 5.60. The molecule has 0 aromatic heterocycles. The molecule has 0 unspecified atom stereocenters. The number of halogens is 1. The minimum absolute atomic E-state index is 0.0112. The van der Waals surface area contributed by atoms with Gasteiger partial charge in [-0.3, -0.25) is 4.79 Å². The summed E-state index contributed by atoms with van der Waals surface area (Å²) >= 11 is 6.36. The van der Waals surface area contributed by atoms with E-state index < -0.39 is 0 Å². The number of benzene rings is 1. The van der Waals surface area contributed by atoms with Crippen molar-refractivity contribution in [3.8, 4) is 0 Å². The molecule has 1 saturated heterocycles. The van der Waals surface area contributed by atoms with Gasteiger partial charge >= 0.3 is 0 Å². The number of carbonyl (C=O) groups is 1. The predicted molar refractivity (Wildman–Crippen MR) is 82.8 cm³/mol. The van der Waals surface area contributed by atoms with E-state index in [1.165, 1.54) is 0 Å². The SMILES string of the molecule is C[C@H](N)c1ccc(N2CCC(CC(N)=O)CC2)c(Cl)c1. The average molecular weight is 296 g/mol. The molecule has 0 saturated carbocycles. The van der Waals surface area contributed by atoms with Crippen LogP contribution in [0, 0.1) is 5.92 Å². The number of hydrogen-bond acceptors (Lipinski definition) is 3. The highest BCUT2D eigenvalue weighted by atomic mass is 35.5. The average Bonchev–Trinajstić information content (AvgIpc) is 2.39. The summed E-state index contributed by atoms with van der Waals surface area (Å²) in [5, 5.41) is 0.744. The van der Waals surface area contributed by atoms with Gasteiger partial charge in [0.15, 0.2) is 0 Å². The Labute approximate surface area is 125 Å². The molecule has 5 heteroatoms. The minimum Gasteiger partial charge on any atom is -0.370 e. The number of nitrogens with zero attached hydrogens (tertiary/aromatic N) is 1. The van der Waals surface area contributed by atoms with E-state index in [4.69, 9.17) is 23.1 Å². The van der Waals surface area contributed by atoms with Crippen molar-refractivity contribution < 1.29 is 4.79 Å². The van der Waals surface area contributed by atoms with E-state index in [1.807, 2.05) is 25.1 Å². The molecule has 4 N–H and O–H groups in total. The zero-order chi connectivity index (χ0) is 14.7. The van der Waals surface area contributed by atoms with Gasteiger partial charge in [0.05, 0.1) is 10.7 Å². The van der Waals surface area contributed by atoms with Crippen molar-refractivity contribution in [2.45, 2.75) is 32.2 Å². The Bertz CT molecular complexity index is 482. The van der Waals surface area contributed by atoms with Crippen molar-refractivity contribution in [3.05, 3.63) is 28.8 Å². The third kappa shape index (κ3) is 3.64. The summed E-state index contributed by atoms with van der Waals surface area (Å²) < 4.78 is 0. The van der Waals surface area contributed by atoms with Crippen LogP contribution in [0.2, 0.25) is 5.02 Å². The maximum absolute atomic E-state index is 11.0. The van der Waals surface area contributed by atoms with E-state index in [0.717, 1.165) is 42.2 Å². The molecule has 1 amide bonds. The molecule has 1 heterocycles. The third-order valence-electron chi connectivity index (χ3n) is 3.94. The normalized spacial score (nSPS) is 18.1. The summed E-state index contributed by atoms with van der Waals surface area (Å²) in [6, 6.07) is 6.00. The van der Waals surface area contributed by atoms with Gasteiger partial charge in [0.25, 0.3) is 0 Å². The van der Waals surface area contributed by atoms with Crippen molar-refractivity contribution in [2.24, 2.45) is 17.4 Å². The minimum atomic E-state index is -0.206. The number of hydrogen-bond donors (Lipinski definition) is 2. The van der Waals surface area contributed by atoms with E-state index in [-0.39, 0.29) is 11.9 Å². The number of rotatable bonds is 4. The smallest absolute Gasteiger partial charge is 0.217 e. The zero-order valence-corrected chi connectivity index (χ0v) is 12.6. The summed E-state index contributed by atoms with van der Waals surface area (Å²) in [5.74, 6) is 0.202. The van der Waals surface area contributed by atoms with Gasteiger partial charge in [0.1, 0.15) is 0 Å². The standard InChI is InChI=1S/C15H22ClN3O/c1-10(17)12-2-3-14(13(16)9-12)19-6-4-11(5-7-19)8-15(18)20/h2-3,9-11H,4-8,17H2,1H3,(H2,18,20)/t10-/m0/s1. The zero-order valence-electron chi connectivity index (χ0n) is 11.8. The molecule has 1 atom stereocenters. The predicted octanol–water partition coefficient (Wildman–Crippen LogP) is 2.45. The Morgan fingerprint density at radius 1 is 1.45 bits per heavy atom. The van der Waals surface area contributed by atoms with Gasteiger partial charge in [0.2, 0.25) is 5.91 Å². The molecular formula is C15H22ClN3O. The highest BCUT2D eigenvalue weighted by Crippen LogP contribution is 2.32. The van der Waals surface area contributed by atoms with E-state index in [1.54, 1.807) is 0 Å². The maximum atomic E-state index is 11.0. The molecule has 4 nitrogen and oxygen atoms in total. The van der Waals surface area contributed by atoms with Crippen LogP contribution in [0.4, 0.5) is 5.69 Å². The lowest BCUT2D eigenvalue weighted by Crippen LogP contribution is -2.35. The van der Waals surface area contributed by atoms with Gasteiger partial charge < -0.3 is 16.4 Å². The van der Waals surface area contributed by atoms with Crippen molar-refractivity contribution >= 4 is 23.2 Å². The van der Waals surface area contributed by atoms with E-state index >= 15 is 0 Å². The molecule has 110 valence electrons. The van der Waals surface area contributed by atoms with Gasteiger partial charge in [-0.1, -0.05) is 17.7 Å². The first-order chi connectivity index (χ1) is 9.47. The second kappa shape index (κ2) is 6.46. The lowest BCUT2D eigenvalue weighted by Gasteiger charge is -2.34. The first kappa shape index (κ1) is 15.1. The van der Waals surface area contributed by atoms with Crippen LogP contribution in [0.1, 0.15) is 37.8 Å². The lowest BCUT2D eigenvalue weighted by atomic mass is 9.93. The van der Waals surface area contributed by atoms with Gasteiger partial charge in [-0.15, -0.1) is 0 Å². The van der Waals surface area contributed by atoms with Crippen molar-refractivity contribution in [1.29, 1.82) is 0 Å². The molecule has 1 aromatic rings. The molecule has 0 bridgehead atoms. The second-order valence-corrected chi connectivity index (χ2v) is 6.01. The summed E-state index contributed by atoms with van der Waals surface area (Å²) in [6.45, 7) is 3.77. The Morgan fingerprint density at radius 3 is 2.60 bits per heavy atom. The Kier molecular flexibility index (Phi) is 4.89. The first-order valence-electron chi connectivity index (χ1n) is 7.05. The number of carbonyl (C=O) groups excluding carboxylic acids is 1. The van der Waals surface area contributed by atoms with Crippen LogP contribution in [-0.2, 0) is 4.79 Å². The molecular weight excluding hydrogens is 274 g/mol. The summed E-state index contributed by atoms with van der Waals surface area (Å²) in [7, 11) is 0. The largest absolute Gasteiger partial charge is 0.370 e. The molecule has 0 radical (unpaired) electrons. The van der Waals surface area contributed by atoms with Crippen molar-refractivity contribution in [1.82, 2.24) is 0 Å². The Hall–Kier alpha value is -1.26. The topological polar surface area (TPSA) is 72.3 Å². The van der Waals surface area contributed by atoms with Gasteiger partial charge in [-0.25, -0.2) is 0 Å². The molecule has 1 aromatic carbocycles. The van der Waals surface area contributed by atoms with Crippen LogP contribution in [0.15, 0.2) is 18.2 Å². The number of piperidine rings is 1. The first-order valence-corrected chi connectivity index (χ1v) is 7.43. The number of anilines is 1. The van der Waals surface area contributed by atoms with Gasteiger partial charge in [-0.2, -0.15) is 0 Å². The van der Waals surface area contributed by atoms with Crippen LogP contribution in [-0.4, -0.2) is 19.0 Å². The van der Waals surface area contributed by atoms with Crippen LogP contribution in [0.25, 0.3) is 0 Å². The fourth-order valence-electron chi connectivity index (χ4n) is 2.73. The van der Waals surface area contributed by atoms with E-state index in [2.05, 4.69) is 4.90 Å². The fourth-order valence-corrected chi connectivity index (χ4v) is 3.03. The highest BCUT2D eigenvalue weighted by Gasteiger charge is 2.22. The molecule has 2 rings (SSSR count). The summed E-state index contributed by atoms with van der Waals surface area (Å²) in [5.41, 5.74) is 13.2. The van der Waals surface area contributed by atoms with Crippen molar-refractivity contribution in [3.63, 3.8) is 0 Å². The lowest BCUT2D eigenvalue weighted by molar-refractivity contribution is -0.119. The van der Waals surface area contributed by atoms with Gasteiger partial charge in [0, 0.05) is 25.6 Å². The summed E-state index contributed by atoms with van der Waals surface area (Å²) in [6.07, 6.45) is 2.45. The van der Waals surface area contributed by atoms with E-state index in [0.29, 0.717) is 12.3 Å². The molecule has 1 aliphatic rings. The molecule has 1 aliphatic heterocycles. The molecule has 0 spiro atoms. The number of nitrogens with two attached hydrogens (primary N) is 2. The summed E-state index contributed by atoms with van der Waals surface area (Å²) in [4.78, 5) is 13.2. The fraction of sp³-hybridized carbons (Fsp3) is 0.533. The van der Waals surface area contributed by atoms with Crippen LogP contribution in [0.5, 0.6) is 0 Å². The Balaban J connectivity index is 2.02. The van der Waals surface area contributed by atoms with Crippen LogP contribution >= 0.6 is 11.6 Å². The van der Waals surface area contributed by atoms with Crippen LogP contribution < -0.4 is 16.4 Å². The molecule has 1 fully saturated rings. The number of amides is 1. The maximum Gasteiger partial charge on any atom is 0.217 e. The van der Waals surface area contributed by atoms with Crippen molar-refractivity contribution in [2.75, 3.05) is 18.0 Å². The monoisotopic (exact) mass is 295 g/mol. The molecule has 0 aliphatic carbocycles. The number of primary amides is 1. The van der Waals surface area contributed by atoms with E-state index in [9.17, 15) is 4.79 Å². The highest BCUT2D eigenvalue weighted by molar-refractivity contribution is 6.33. The third-order valence-corrected chi connectivity index (χ3v) is 4.25. The quantitative estimate of drug-likeness (QED) is 0.896. The van der Waals surface area contributed by atoms with Crippen LogP contribution in [0.3, 0.4) is 0 Å².